The average molecular weight is 228 g/mol. The fraction of sp³-hybridized carbons (Fsp3) is 0.300. The van der Waals surface area contributed by atoms with Gasteiger partial charge in [-0.25, -0.2) is 4.79 Å². The normalized spacial score (nSPS) is 10.1. The summed E-state index contributed by atoms with van der Waals surface area (Å²) in [5.41, 5.74) is 0.390. The minimum atomic E-state index is -0.856. The van der Waals surface area contributed by atoms with Crippen molar-refractivity contribution in [2.24, 2.45) is 0 Å². The first kappa shape index (κ1) is 11.5. The Labute approximate surface area is 91.5 Å². The van der Waals surface area contributed by atoms with Crippen molar-refractivity contribution in [1.82, 2.24) is 0 Å². The molecule has 0 aliphatic carbocycles. The number of carbonyl (C=O) groups is 1. The van der Waals surface area contributed by atoms with E-state index in [4.69, 9.17) is 5.11 Å². The molecule has 0 aliphatic heterocycles. The highest BCUT2D eigenvalue weighted by atomic mass is 33.1. The summed E-state index contributed by atoms with van der Waals surface area (Å²) in [6.07, 6.45) is 1.10. The van der Waals surface area contributed by atoms with Crippen LogP contribution in [0.25, 0.3) is 0 Å². The zero-order valence-corrected chi connectivity index (χ0v) is 9.53. The third-order valence-corrected chi connectivity index (χ3v) is 4.17. The third-order valence-electron chi connectivity index (χ3n) is 1.55. The van der Waals surface area contributed by atoms with Crippen LogP contribution in [0.3, 0.4) is 0 Å². The molecule has 4 heteroatoms. The van der Waals surface area contributed by atoms with Gasteiger partial charge in [-0.3, -0.25) is 0 Å². The molecule has 0 atom stereocenters. The Kier molecular flexibility index (Phi) is 4.90. The molecule has 2 nitrogen and oxygen atoms in total. The maximum absolute atomic E-state index is 10.8. The van der Waals surface area contributed by atoms with E-state index < -0.39 is 5.97 Å². The molecular formula is C10H12O2S2. The maximum atomic E-state index is 10.8. The van der Waals surface area contributed by atoms with Crippen molar-refractivity contribution >= 4 is 27.6 Å². The quantitative estimate of drug-likeness (QED) is 0.618. The Balaban J connectivity index is 2.69. The molecule has 0 bridgehead atoms. The molecule has 1 aromatic rings. The molecule has 14 heavy (non-hydrogen) atoms. The summed E-state index contributed by atoms with van der Waals surface area (Å²) in [6.45, 7) is 2.11. The number of hydrogen-bond donors (Lipinski definition) is 1. The summed E-state index contributed by atoms with van der Waals surface area (Å²) in [7, 11) is 3.23. The Morgan fingerprint density at radius 3 is 2.79 bits per heavy atom. The second kappa shape index (κ2) is 5.98. The topological polar surface area (TPSA) is 37.3 Å². The summed E-state index contributed by atoms with van der Waals surface area (Å²) in [5, 5.41) is 8.90. The van der Waals surface area contributed by atoms with Gasteiger partial charge in [0.05, 0.1) is 5.56 Å². The second-order valence-electron chi connectivity index (χ2n) is 2.71. The van der Waals surface area contributed by atoms with Gasteiger partial charge in [-0.15, -0.1) is 0 Å². The van der Waals surface area contributed by atoms with E-state index in [1.165, 1.54) is 10.8 Å². The van der Waals surface area contributed by atoms with Crippen molar-refractivity contribution in [3.8, 4) is 0 Å². The lowest BCUT2D eigenvalue weighted by atomic mass is 10.2. The molecule has 1 aromatic carbocycles. The van der Waals surface area contributed by atoms with Crippen LogP contribution in [0.4, 0.5) is 0 Å². The van der Waals surface area contributed by atoms with Crippen molar-refractivity contribution in [3.63, 3.8) is 0 Å². The zero-order valence-electron chi connectivity index (χ0n) is 7.90. The molecule has 0 saturated heterocycles. The van der Waals surface area contributed by atoms with Crippen LogP contribution in [0.5, 0.6) is 0 Å². The van der Waals surface area contributed by atoms with Crippen LogP contribution in [0.15, 0.2) is 29.2 Å². The molecule has 0 unspecified atom stereocenters. The molecular weight excluding hydrogens is 216 g/mol. The Morgan fingerprint density at radius 1 is 1.43 bits per heavy atom. The van der Waals surface area contributed by atoms with E-state index in [9.17, 15) is 4.79 Å². The summed E-state index contributed by atoms with van der Waals surface area (Å²) in [4.78, 5) is 11.7. The first-order valence-electron chi connectivity index (χ1n) is 4.37. The van der Waals surface area contributed by atoms with Crippen molar-refractivity contribution < 1.29 is 9.90 Å². The van der Waals surface area contributed by atoms with Crippen LogP contribution in [-0.2, 0) is 0 Å². The minimum absolute atomic E-state index is 0.390. The zero-order chi connectivity index (χ0) is 10.4. The van der Waals surface area contributed by atoms with E-state index in [0.717, 1.165) is 17.1 Å². The fourth-order valence-electron chi connectivity index (χ4n) is 0.904. The van der Waals surface area contributed by atoms with Crippen molar-refractivity contribution in [2.45, 2.75) is 18.2 Å². The molecule has 0 heterocycles. The predicted molar refractivity (Wildman–Crippen MR) is 62.0 cm³/mol. The van der Waals surface area contributed by atoms with E-state index in [2.05, 4.69) is 6.92 Å². The van der Waals surface area contributed by atoms with E-state index in [1.807, 2.05) is 12.1 Å². The molecule has 1 N–H and O–H groups in total. The van der Waals surface area contributed by atoms with E-state index in [1.54, 1.807) is 22.9 Å². The summed E-state index contributed by atoms with van der Waals surface area (Å²) >= 11 is 0. The number of benzene rings is 1. The lowest BCUT2D eigenvalue weighted by molar-refractivity contribution is 0.0693. The van der Waals surface area contributed by atoms with Gasteiger partial charge in [-0.2, -0.15) is 0 Å². The van der Waals surface area contributed by atoms with Gasteiger partial charge in [-0.05, 0) is 18.6 Å². The number of carboxylic acid groups (broad SMARTS) is 1. The summed E-state index contributed by atoms with van der Waals surface area (Å²) in [5.74, 6) is 0.184. The van der Waals surface area contributed by atoms with Gasteiger partial charge in [0.25, 0.3) is 0 Å². The lowest BCUT2D eigenvalue weighted by Gasteiger charge is -2.03. The standard InChI is InChI=1S/C10H12O2S2/c1-2-7-13-14-9-6-4-3-5-8(9)10(11)12/h3-6H,2,7H2,1H3,(H,11,12). The van der Waals surface area contributed by atoms with Gasteiger partial charge in [-0.1, -0.05) is 40.6 Å². The molecule has 76 valence electrons. The highest BCUT2D eigenvalue weighted by Crippen LogP contribution is 2.33. The molecule has 0 amide bonds. The number of rotatable bonds is 5. The van der Waals surface area contributed by atoms with Crippen LogP contribution in [-0.4, -0.2) is 16.8 Å². The number of hydrogen-bond acceptors (Lipinski definition) is 3. The summed E-state index contributed by atoms with van der Waals surface area (Å²) in [6, 6.07) is 7.09. The molecule has 0 aromatic heterocycles. The lowest BCUT2D eigenvalue weighted by Crippen LogP contribution is -1.97. The predicted octanol–water partition coefficient (Wildman–Crippen LogP) is 3.54. The second-order valence-corrected chi connectivity index (χ2v) is 5.16. The van der Waals surface area contributed by atoms with Crippen molar-refractivity contribution in [3.05, 3.63) is 29.8 Å². The first-order valence-corrected chi connectivity index (χ1v) is 6.69. The number of carboxylic acids is 1. The van der Waals surface area contributed by atoms with E-state index in [-0.39, 0.29) is 0 Å². The molecule has 1 rings (SSSR count). The summed E-state index contributed by atoms with van der Waals surface area (Å²) < 4.78 is 0. The third kappa shape index (κ3) is 3.27. The Morgan fingerprint density at radius 2 is 2.14 bits per heavy atom. The molecule has 0 spiro atoms. The van der Waals surface area contributed by atoms with Crippen LogP contribution < -0.4 is 0 Å². The largest absolute Gasteiger partial charge is 0.478 e. The van der Waals surface area contributed by atoms with Gasteiger partial charge < -0.3 is 5.11 Å². The first-order chi connectivity index (χ1) is 6.75. The van der Waals surface area contributed by atoms with Crippen molar-refractivity contribution in [2.75, 3.05) is 5.75 Å². The SMILES string of the molecule is CCCSSc1ccccc1C(=O)O. The van der Waals surface area contributed by atoms with Gasteiger partial charge in [0, 0.05) is 10.6 Å². The van der Waals surface area contributed by atoms with Crippen LogP contribution in [0.2, 0.25) is 0 Å². The maximum Gasteiger partial charge on any atom is 0.336 e. The highest BCUT2D eigenvalue weighted by Gasteiger charge is 2.08. The number of aromatic carboxylic acids is 1. The molecule has 0 radical (unpaired) electrons. The monoisotopic (exact) mass is 228 g/mol. The van der Waals surface area contributed by atoms with Crippen molar-refractivity contribution in [1.29, 1.82) is 0 Å². The van der Waals surface area contributed by atoms with E-state index in [0.29, 0.717) is 5.56 Å². The molecule has 0 fully saturated rings. The van der Waals surface area contributed by atoms with Gasteiger partial charge >= 0.3 is 5.97 Å². The highest BCUT2D eigenvalue weighted by molar-refractivity contribution is 8.76. The molecule has 0 aliphatic rings. The van der Waals surface area contributed by atoms with Gasteiger partial charge in [0.2, 0.25) is 0 Å². The van der Waals surface area contributed by atoms with E-state index >= 15 is 0 Å². The minimum Gasteiger partial charge on any atom is -0.478 e. The fourth-order valence-corrected chi connectivity index (χ4v) is 3.23. The Bertz CT molecular complexity index is 313. The molecule has 0 saturated carbocycles. The average Bonchev–Trinajstić information content (AvgIpc) is 2.19. The Hall–Kier alpha value is -0.610. The smallest absolute Gasteiger partial charge is 0.336 e. The van der Waals surface area contributed by atoms with Gasteiger partial charge in [0.1, 0.15) is 0 Å². The van der Waals surface area contributed by atoms with Crippen LogP contribution in [0, 0.1) is 0 Å². The van der Waals surface area contributed by atoms with Crippen LogP contribution >= 0.6 is 21.6 Å². The van der Waals surface area contributed by atoms with Crippen LogP contribution in [0.1, 0.15) is 23.7 Å². The van der Waals surface area contributed by atoms with Gasteiger partial charge in [0.15, 0.2) is 0 Å².